The van der Waals surface area contributed by atoms with Crippen molar-refractivity contribution >= 4 is 12.2 Å². The van der Waals surface area contributed by atoms with Gasteiger partial charge in [-0.2, -0.15) is 5.10 Å². The molecule has 0 saturated carbocycles. The molecule has 0 atom stereocenters. The fraction of sp³-hybridized carbons (Fsp3) is 0.0909. The van der Waals surface area contributed by atoms with Crippen LogP contribution in [0.3, 0.4) is 0 Å². The number of aryl methyl sites for hydroxylation is 1. The highest BCUT2D eigenvalue weighted by Gasteiger charge is 2.24. The minimum Gasteiger partial charge on any atom is -0.288 e. The molecule has 0 aliphatic heterocycles. The first kappa shape index (κ1) is 15.5. The molecule has 1 heterocycles. The van der Waals surface area contributed by atoms with Crippen molar-refractivity contribution in [2.75, 3.05) is 5.43 Å². The van der Waals surface area contributed by atoms with Crippen LogP contribution >= 0.6 is 0 Å². The van der Waals surface area contributed by atoms with E-state index in [2.05, 4.69) is 20.3 Å². The number of hydrogen-bond acceptors (Lipinski definition) is 5. The first-order valence-electron chi connectivity index (χ1n) is 5.57. The lowest BCUT2D eigenvalue weighted by molar-refractivity contribution is 0.377. The molecule has 0 unspecified atom stereocenters. The third-order valence-corrected chi connectivity index (χ3v) is 2.47. The van der Waals surface area contributed by atoms with Gasteiger partial charge in [-0.3, -0.25) is 9.78 Å². The van der Waals surface area contributed by atoms with E-state index in [-0.39, 0.29) is 11.6 Å². The average molecular weight is 319 g/mol. The topological polar surface area (TPSA) is 83.0 Å². The summed E-state index contributed by atoms with van der Waals surface area (Å²) >= 11 is 0. The van der Waals surface area contributed by atoms with Crippen molar-refractivity contribution in [1.82, 2.24) is 15.2 Å². The van der Waals surface area contributed by atoms with Crippen LogP contribution in [0.4, 0.5) is 27.9 Å². The Kier molecular flexibility index (Phi) is 4.15. The molecule has 0 radical (unpaired) electrons. The highest BCUT2D eigenvalue weighted by atomic mass is 19.2. The normalized spacial score (nSPS) is 11.2. The maximum atomic E-state index is 13.3. The number of halogens is 5. The molecule has 2 rings (SSSR count). The van der Waals surface area contributed by atoms with Crippen LogP contribution < -0.4 is 11.0 Å². The summed E-state index contributed by atoms with van der Waals surface area (Å²) in [6.45, 7) is 1.38. The van der Waals surface area contributed by atoms with E-state index in [1.165, 1.54) is 6.92 Å². The number of nitrogens with one attached hydrogen (secondary N) is 2. The Morgan fingerprint density at radius 3 is 2.09 bits per heavy atom. The van der Waals surface area contributed by atoms with E-state index in [4.69, 9.17) is 0 Å². The predicted molar refractivity (Wildman–Crippen MR) is 64.8 cm³/mol. The third-order valence-electron chi connectivity index (χ3n) is 2.47. The van der Waals surface area contributed by atoms with Crippen molar-refractivity contribution in [1.29, 1.82) is 0 Å². The van der Waals surface area contributed by atoms with Gasteiger partial charge in [0.05, 0.1) is 11.8 Å². The molecule has 0 spiro atoms. The van der Waals surface area contributed by atoms with Crippen LogP contribution in [0.15, 0.2) is 9.90 Å². The highest BCUT2D eigenvalue weighted by molar-refractivity contribution is 5.81. The van der Waals surface area contributed by atoms with Crippen LogP contribution in [-0.2, 0) is 0 Å². The van der Waals surface area contributed by atoms with Crippen LogP contribution in [0.25, 0.3) is 0 Å². The van der Waals surface area contributed by atoms with Gasteiger partial charge in [-0.25, -0.2) is 27.4 Å². The fourth-order valence-electron chi connectivity index (χ4n) is 1.34. The molecule has 0 amide bonds. The van der Waals surface area contributed by atoms with E-state index >= 15 is 0 Å². The Balaban J connectivity index is 2.31. The Hall–Kier alpha value is -2.85. The summed E-state index contributed by atoms with van der Waals surface area (Å²) in [5.41, 5.74) is 0.264. The quantitative estimate of drug-likeness (QED) is 0.296. The van der Waals surface area contributed by atoms with Crippen molar-refractivity contribution in [3.63, 3.8) is 0 Å². The lowest BCUT2D eigenvalue weighted by atomic mass is 10.2. The SMILES string of the molecule is Cc1nnc(N/N=C\c2c(F)c(F)c(F)c(F)c2F)[nH]c1=O. The number of anilines is 1. The highest BCUT2D eigenvalue weighted by Crippen LogP contribution is 2.21. The van der Waals surface area contributed by atoms with Gasteiger partial charge in [-0.05, 0) is 6.92 Å². The van der Waals surface area contributed by atoms with Crippen molar-refractivity contribution in [3.8, 4) is 0 Å². The summed E-state index contributed by atoms with van der Waals surface area (Å²) in [6, 6.07) is 0. The molecular formula is C11H6F5N5O. The summed E-state index contributed by atoms with van der Waals surface area (Å²) in [5.74, 6) is -10.8. The third kappa shape index (κ3) is 2.77. The van der Waals surface area contributed by atoms with Crippen molar-refractivity contribution in [3.05, 3.63) is 50.7 Å². The van der Waals surface area contributed by atoms with Gasteiger partial charge in [0.25, 0.3) is 5.56 Å². The first-order valence-corrected chi connectivity index (χ1v) is 5.57. The second kappa shape index (κ2) is 5.87. The molecule has 0 saturated heterocycles. The van der Waals surface area contributed by atoms with E-state index in [9.17, 15) is 26.7 Å². The Morgan fingerprint density at radius 2 is 1.55 bits per heavy atom. The van der Waals surface area contributed by atoms with E-state index in [0.717, 1.165) is 0 Å². The molecule has 2 N–H and O–H groups in total. The van der Waals surface area contributed by atoms with Gasteiger partial charge in [0, 0.05) is 0 Å². The van der Waals surface area contributed by atoms with Crippen LogP contribution in [0.5, 0.6) is 0 Å². The van der Waals surface area contributed by atoms with Gasteiger partial charge in [0.2, 0.25) is 11.8 Å². The van der Waals surface area contributed by atoms with Crippen LogP contribution in [0.2, 0.25) is 0 Å². The molecule has 116 valence electrons. The van der Waals surface area contributed by atoms with Crippen molar-refractivity contribution in [2.24, 2.45) is 5.10 Å². The Morgan fingerprint density at radius 1 is 1.00 bits per heavy atom. The number of benzene rings is 1. The molecule has 0 fully saturated rings. The van der Waals surface area contributed by atoms with E-state index < -0.39 is 40.2 Å². The molecular weight excluding hydrogens is 313 g/mol. The molecule has 0 aliphatic rings. The predicted octanol–water partition coefficient (Wildman–Crippen LogP) is 1.61. The zero-order valence-corrected chi connectivity index (χ0v) is 10.7. The maximum Gasteiger partial charge on any atom is 0.274 e. The number of rotatable bonds is 3. The van der Waals surface area contributed by atoms with Crippen molar-refractivity contribution in [2.45, 2.75) is 6.92 Å². The Bertz CT molecular complexity index is 790. The molecule has 11 heteroatoms. The monoisotopic (exact) mass is 319 g/mol. The standard InChI is InChI=1S/C11H6F5N5O/c1-3-10(22)18-11(21-19-3)20-17-2-4-5(12)7(14)9(16)8(15)6(4)13/h2H,1H3,(H2,18,20,21,22)/b17-2-. The van der Waals surface area contributed by atoms with E-state index in [1.807, 2.05) is 5.43 Å². The van der Waals surface area contributed by atoms with Crippen LogP contribution in [0, 0.1) is 36.0 Å². The number of nitrogens with zero attached hydrogens (tertiary/aromatic N) is 3. The fourth-order valence-corrected chi connectivity index (χ4v) is 1.34. The molecule has 0 bridgehead atoms. The summed E-state index contributed by atoms with van der Waals surface area (Å²) in [6.07, 6.45) is 0.357. The Labute approximate surface area is 118 Å². The molecule has 0 aliphatic carbocycles. The summed E-state index contributed by atoms with van der Waals surface area (Å²) < 4.78 is 65.3. The van der Waals surface area contributed by atoms with Crippen molar-refractivity contribution < 1.29 is 22.0 Å². The molecule has 1 aromatic carbocycles. The minimum atomic E-state index is -2.27. The first-order chi connectivity index (χ1) is 10.3. The number of aromatic amines is 1. The minimum absolute atomic E-state index is 0.0642. The van der Waals surface area contributed by atoms with Gasteiger partial charge >= 0.3 is 0 Å². The van der Waals surface area contributed by atoms with Crippen LogP contribution in [0.1, 0.15) is 11.3 Å². The summed E-state index contributed by atoms with van der Waals surface area (Å²) in [7, 11) is 0. The number of H-pyrrole nitrogens is 1. The molecule has 1 aromatic heterocycles. The second-order valence-corrected chi connectivity index (χ2v) is 3.94. The average Bonchev–Trinajstić information content (AvgIpc) is 2.50. The zero-order valence-electron chi connectivity index (χ0n) is 10.7. The zero-order chi connectivity index (χ0) is 16.4. The largest absolute Gasteiger partial charge is 0.288 e. The van der Waals surface area contributed by atoms with Crippen LogP contribution in [-0.4, -0.2) is 21.4 Å². The lowest BCUT2D eigenvalue weighted by Gasteiger charge is -2.04. The lowest BCUT2D eigenvalue weighted by Crippen LogP contribution is -2.15. The molecule has 22 heavy (non-hydrogen) atoms. The van der Waals surface area contributed by atoms with E-state index in [0.29, 0.717) is 6.21 Å². The number of hydrazone groups is 1. The second-order valence-electron chi connectivity index (χ2n) is 3.94. The van der Waals surface area contributed by atoms with Gasteiger partial charge in [-0.15, -0.1) is 10.2 Å². The summed E-state index contributed by atoms with van der Waals surface area (Å²) in [4.78, 5) is 13.4. The van der Waals surface area contributed by atoms with Gasteiger partial charge in [0.15, 0.2) is 23.3 Å². The summed E-state index contributed by atoms with van der Waals surface area (Å²) in [5, 5.41) is 10.1. The maximum absolute atomic E-state index is 13.3. The smallest absolute Gasteiger partial charge is 0.274 e. The van der Waals surface area contributed by atoms with Gasteiger partial charge in [-0.1, -0.05) is 0 Å². The van der Waals surface area contributed by atoms with Gasteiger partial charge in [0.1, 0.15) is 5.69 Å². The number of aromatic nitrogens is 3. The van der Waals surface area contributed by atoms with Gasteiger partial charge < -0.3 is 0 Å². The van der Waals surface area contributed by atoms with E-state index in [1.54, 1.807) is 0 Å². The molecule has 2 aromatic rings. The molecule has 6 nitrogen and oxygen atoms in total. The number of hydrogen-bond donors (Lipinski definition) is 2.